The van der Waals surface area contributed by atoms with Crippen molar-refractivity contribution in [2.24, 2.45) is 5.41 Å². The van der Waals surface area contributed by atoms with Crippen LogP contribution in [0.2, 0.25) is 0 Å². The van der Waals surface area contributed by atoms with Crippen molar-refractivity contribution in [3.8, 4) is 11.5 Å². The van der Waals surface area contributed by atoms with Gasteiger partial charge in [-0.25, -0.2) is 0 Å². The molecule has 0 bridgehead atoms. The van der Waals surface area contributed by atoms with Crippen LogP contribution in [-0.4, -0.2) is 31.6 Å². The number of methoxy groups -OCH3 is 1. The molecule has 2 amide bonds. The third kappa shape index (κ3) is 6.52. The summed E-state index contributed by atoms with van der Waals surface area (Å²) in [5.41, 5.74) is 0.495. The summed E-state index contributed by atoms with van der Waals surface area (Å²) in [7, 11) is 1.62. The number of rotatable bonds is 9. The van der Waals surface area contributed by atoms with E-state index in [4.69, 9.17) is 9.47 Å². The number of nitrogens with one attached hydrogen (secondary N) is 2. The summed E-state index contributed by atoms with van der Waals surface area (Å²) < 4.78 is 10.7. The average Bonchev–Trinajstić information content (AvgIpc) is 2.69. The quantitative estimate of drug-likeness (QED) is 0.630. The zero-order chi connectivity index (χ0) is 21.4. The monoisotopic (exact) mass is 398 g/mol. The van der Waals surface area contributed by atoms with E-state index in [1.807, 2.05) is 38.1 Å². The van der Waals surface area contributed by atoms with Crippen LogP contribution < -0.4 is 20.1 Å². The van der Waals surface area contributed by atoms with Crippen molar-refractivity contribution in [2.75, 3.05) is 19.0 Å². The predicted octanol–water partition coefficient (Wildman–Crippen LogP) is 3.81. The molecule has 0 aromatic heterocycles. The second-order valence-electron chi connectivity index (χ2n) is 7.62. The minimum absolute atomic E-state index is 0.0796. The molecule has 29 heavy (non-hydrogen) atoms. The summed E-state index contributed by atoms with van der Waals surface area (Å²) in [5, 5.41) is 5.64. The van der Waals surface area contributed by atoms with Gasteiger partial charge in [-0.15, -0.1) is 0 Å². The number of carbonyl (C=O) groups excluding carboxylic acids is 2. The van der Waals surface area contributed by atoms with Crippen molar-refractivity contribution < 1.29 is 19.1 Å². The van der Waals surface area contributed by atoms with E-state index in [0.717, 1.165) is 17.1 Å². The van der Waals surface area contributed by atoms with Crippen LogP contribution in [-0.2, 0) is 16.0 Å². The average molecular weight is 399 g/mol. The standard InChI is InChI=1S/C23H30N2O4/c1-16(2)29-20-12-8-18(9-13-20)25-22(27)23(3,4)21(26)24-15-14-17-6-10-19(28-5)11-7-17/h6-13,16H,14-15H2,1-5H3,(H,24,26)(H,25,27). The van der Waals surface area contributed by atoms with Crippen molar-refractivity contribution >= 4 is 17.5 Å². The normalized spacial score (nSPS) is 11.1. The zero-order valence-electron chi connectivity index (χ0n) is 17.7. The van der Waals surface area contributed by atoms with Gasteiger partial charge in [0.2, 0.25) is 11.8 Å². The highest BCUT2D eigenvalue weighted by Crippen LogP contribution is 2.21. The SMILES string of the molecule is COc1ccc(CCNC(=O)C(C)(C)C(=O)Nc2ccc(OC(C)C)cc2)cc1. The largest absolute Gasteiger partial charge is 0.497 e. The van der Waals surface area contributed by atoms with Crippen LogP contribution in [0.3, 0.4) is 0 Å². The summed E-state index contributed by atoms with van der Waals surface area (Å²) in [6, 6.07) is 14.8. The first-order valence-corrected chi connectivity index (χ1v) is 9.71. The molecule has 0 heterocycles. The molecule has 0 spiro atoms. The zero-order valence-corrected chi connectivity index (χ0v) is 17.7. The lowest BCUT2D eigenvalue weighted by atomic mass is 9.91. The van der Waals surface area contributed by atoms with Gasteiger partial charge < -0.3 is 20.1 Å². The molecule has 2 rings (SSSR count). The Morgan fingerprint density at radius 1 is 0.931 bits per heavy atom. The lowest BCUT2D eigenvalue weighted by Crippen LogP contribution is -2.45. The van der Waals surface area contributed by atoms with Gasteiger partial charge in [-0.3, -0.25) is 9.59 Å². The number of benzene rings is 2. The summed E-state index contributed by atoms with van der Waals surface area (Å²) in [6.07, 6.45) is 0.751. The van der Waals surface area contributed by atoms with Crippen LogP contribution in [0.25, 0.3) is 0 Å². The smallest absolute Gasteiger partial charge is 0.239 e. The fourth-order valence-corrected chi connectivity index (χ4v) is 2.61. The molecule has 0 fully saturated rings. The highest BCUT2D eigenvalue weighted by Gasteiger charge is 2.35. The van der Waals surface area contributed by atoms with E-state index < -0.39 is 5.41 Å². The summed E-state index contributed by atoms with van der Waals surface area (Å²) in [6.45, 7) is 7.57. The summed E-state index contributed by atoms with van der Waals surface area (Å²) >= 11 is 0. The van der Waals surface area contributed by atoms with Crippen LogP contribution in [0.4, 0.5) is 5.69 Å². The Bertz CT molecular complexity index is 812. The van der Waals surface area contributed by atoms with Crippen LogP contribution in [0, 0.1) is 5.41 Å². The molecule has 0 unspecified atom stereocenters. The van der Waals surface area contributed by atoms with Crippen molar-refractivity contribution in [3.05, 3.63) is 54.1 Å². The molecular formula is C23H30N2O4. The van der Waals surface area contributed by atoms with Gasteiger partial charge in [0.25, 0.3) is 0 Å². The fraction of sp³-hybridized carbons (Fsp3) is 0.391. The maximum absolute atomic E-state index is 12.6. The van der Waals surface area contributed by atoms with Crippen LogP contribution >= 0.6 is 0 Å². The minimum Gasteiger partial charge on any atom is -0.497 e. The second kappa shape index (κ2) is 9.96. The molecule has 2 N–H and O–H groups in total. The first kappa shape index (κ1) is 22.3. The molecule has 6 nitrogen and oxygen atoms in total. The second-order valence-corrected chi connectivity index (χ2v) is 7.62. The highest BCUT2D eigenvalue weighted by atomic mass is 16.5. The maximum Gasteiger partial charge on any atom is 0.239 e. The molecule has 0 aliphatic heterocycles. The predicted molar refractivity (Wildman–Crippen MR) is 114 cm³/mol. The topological polar surface area (TPSA) is 76.7 Å². The number of carbonyl (C=O) groups is 2. The fourth-order valence-electron chi connectivity index (χ4n) is 2.61. The third-order valence-electron chi connectivity index (χ3n) is 4.48. The van der Waals surface area contributed by atoms with E-state index in [1.165, 1.54) is 0 Å². The van der Waals surface area contributed by atoms with Gasteiger partial charge in [-0.05, 0) is 76.1 Å². The molecule has 2 aromatic rings. The molecule has 0 radical (unpaired) electrons. The number of amides is 2. The number of anilines is 1. The lowest BCUT2D eigenvalue weighted by Gasteiger charge is -2.23. The Hall–Kier alpha value is -3.02. The van der Waals surface area contributed by atoms with Crippen molar-refractivity contribution in [2.45, 2.75) is 40.2 Å². The van der Waals surface area contributed by atoms with Gasteiger partial charge in [0.1, 0.15) is 16.9 Å². The highest BCUT2D eigenvalue weighted by molar-refractivity contribution is 6.09. The van der Waals surface area contributed by atoms with Crippen molar-refractivity contribution in [1.82, 2.24) is 5.32 Å². The van der Waals surface area contributed by atoms with E-state index in [2.05, 4.69) is 10.6 Å². The van der Waals surface area contributed by atoms with Crippen molar-refractivity contribution in [1.29, 1.82) is 0 Å². The van der Waals surface area contributed by atoms with E-state index in [1.54, 1.807) is 45.2 Å². The molecule has 0 saturated carbocycles. The van der Waals surface area contributed by atoms with E-state index in [9.17, 15) is 9.59 Å². The Morgan fingerprint density at radius 3 is 2.07 bits per heavy atom. The molecule has 156 valence electrons. The van der Waals surface area contributed by atoms with Gasteiger partial charge >= 0.3 is 0 Å². The van der Waals surface area contributed by atoms with Gasteiger partial charge in [0, 0.05) is 12.2 Å². The third-order valence-corrected chi connectivity index (χ3v) is 4.48. The van der Waals surface area contributed by atoms with Gasteiger partial charge in [-0.1, -0.05) is 12.1 Å². The number of hydrogen-bond acceptors (Lipinski definition) is 4. The first-order chi connectivity index (χ1) is 13.7. The summed E-state index contributed by atoms with van der Waals surface area (Å²) in [4.78, 5) is 25.2. The molecule has 6 heteroatoms. The van der Waals surface area contributed by atoms with E-state index in [0.29, 0.717) is 18.7 Å². The van der Waals surface area contributed by atoms with E-state index >= 15 is 0 Å². The molecule has 0 aliphatic carbocycles. The van der Waals surface area contributed by atoms with Gasteiger partial charge in [0.05, 0.1) is 13.2 Å². The number of hydrogen-bond donors (Lipinski definition) is 2. The van der Waals surface area contributed by atoms with Crippen LogP contribution in [0.1, 0.15) is 33.3 Å². The first-order valence-electron chi connectivity index (χ1n) is 9.71. The van der Waals surface area contributed by atoms with Crippen molar-refractivity contribution in [3.63, 3.8) is 0 Å². The van der Waals surface area contributed by atoms with Gasteiger partial charge in [0.15, 0.2) is 0 Å². The molecule has 0 atom stereocenters. The van der Waals surface area contributed by atoms with Crippen LogP contribution in [0.5, 0.6) is 11.5 Å². The molecular weight excluding hydrogens is 368 g/mol. The van der Waals surface area contributed by atoms with Crippen LogP contribution in [0.15, 0.2) is 48.5 Å². The maximum atomic E-state index is 12.6. The Labute approximate surface area is 172 Å². The minimum atomic E-state index is -1.20. The molecule has 0 aliphatic rings. The Balaban J connectivity index is 1.86. The molecule has 0 saturated heterocycles. The lowest BCUT2D eigenvalue weighted by molar-refractivity contribution is -0.138. The molecule has 2 aromatic carbocycles. The number of ether oxygens (including phenoxy) is 2. The Kier molecular flexibility index (Phi) is 7.65. The summed E-state index contributed by atoms with van der Waals surface area (Å²) in [5.74, 6) is 0.841. The van der Waals surface area contributed by atoms with Gasteiger partial charge in [-0.2, -0.15) is 0 Å². The van der Waals surface area contributed by atoms with E-state index in [-0.39, 0.29) is 17.9 Å². The Morgan fingerprint density at radius 2 is 1.52 bits per heavy atom.